The number of aryl methyl sites for hydroxylation is 1. The molecule has 66 valence electrons. The normalized spacial score (nSPS) is 10.2. The molecule has 2 heteroatoms. The van der Waals surface area contributed by atoms with E-state index in [0.29, 0.717) is 5.75 Å². The standard InChI is InChI=1S/C10H14OS/c1-8-4-2-6-10(11)9(8)5-3-7-12/h2,4,6,11-12H,3,5,7H2,1H3. The zero-order chi connectivity index (χ0) is 8.97. The molecule has 0 atom stereocenters. The molecule has 1 nitrogen and oxygen atoms in total. The highest BCUT2D eigenvalue weighted by Gasteiger charge is 2.02. The molecule has 0 saturated heterocycles. The van der Waals surface area contributed by atoms with Crippen LogP contribution in [0.5, 0.6) is 5.75 Å². The van der Waals surface area contributed by atoms with E-state index in [2.05, 4.69) is 12.6 Å². The van der Waals surface area contributed by atoms with Crippen LogP contribution in [0.4, 0.5) is 0 Å². The predicted octanol–water partition coefficient (Wildman–Crippen LogP) is 2.56. The fourth-order valence-corrected chi connectivity index (χ4v) is 1.43. The summed E-state index contributed by atoms with van der Waals surface area (Å²) in [5.74, 6) is 1.28. The predicted molar refractivity (Wildman–Crippen MR) is 55.0 cm³/mol. The fraction of sp³-hybridized carbons (Fsp3) is 0.400. The van der Waals surface area contributed by atoms with E-state index < -0.39 is 0 Å². The van der Waals surface area contributed by atoms with Crippen molar-refractivity contribution < 1.29 is 5.11 Å². The first-order chi connectivity index (χ1) is 5.75. The first-order valence-electron chi connectivity index (χ1n) is 4.14. The molecule has 0 radical (unpaired) electrons. The summed E-state index contributed by atoms with van der Waals surface area (Å²) in [6, 6.07) is 5.63. The Morgan fingerprint density at radius 2 is 2.17 bits per heavy atom. The SMILES string of the molecule is Cc1cccc(O)c1CCCS. The molecule has 12 heavy (non-hydrogen) atoms. The van der Waals surface area contributed by atoms with Gasteiger partial charge in [0.15, 0.2) is 0 Å². The van der Waals surface area contributed by atoms with Gasteiger partial charge in [-0.3, -0.25) is 0 Å². The summed E-state index contributed by atoms with van der Waals surface area (Å²) in [7, 11) is 0. The minimum absolute atomic E-state index is 0.414. The summed E-state index contributed by atoms with van der Waals surface area (Å²) in [5.41, 5.74) is 2.23. The molecule has 0 aromatic heterocycles. The molecule has 0 saturated carbocycles. The maximum absolute atomic E-state index is 9.49. The molecule has 1 aromatic rings. The lowest BCUT2D eigenvalue weighted by atomic mass is 10.0. The maximum atomic E-state index is 9.49. The van der Waals surface area contributed by atoms with Crippen LogP contribution in [-0.2, 0) is 6.42 Å². The van der Waals surface area contributed by atoms with E-state index in [1.165, 1.54) is 0 Å². The molecule has 0 spiro atoms. The second-order valence-corrected chi connectivity index (χ2v) is 3.35. The summed E-state index contributed by atoms with van der Waals surface area (Å²) < 4.78 is 0. The Morgan fingerprint density at radius 3 is 2.75 bits per heavy atom. The van der Waals surface area contributed by atoms with E-state index >= 15 is 0 Å². The van der Waals surface area contributed by atoms with E-state index in [4.69, 9.17) is 0 Å². The molecule has 0 aliphatic carbocycles. The molecule has 1 rings (SSSR count). The lowest BCUT2D eigenvalue weighted by molar-refractivity contribution is 0.467. The Labute approximate surface area is 78.8 Å². The molecule has 0 aliphatic heterocycles. The number of thiol groups is 1. The number of phenols is 1. The van der Waals surface area contributed by atoms with Crippen LogP contribution in [0, 0.1) is 6.92 Å². The molecule has 0 unspecified atom stereocenters. The third kappa shape index (κ3) is 2.18. The van der Waals surface area contributed by atoms with Crippen molar-refractivity contribution in [1.29, 1.82) is 0 Å². The van der Waals surface area contributed by atoms with Gasteiger partial charge >= 0.3 is 0 Å². The van der Waals surface area contributed by atoms with Crippen molar-refractivity contribution in [2.24, 2.45) is 0 Å². The zero-order valence-electron chi connectivity index (χ0n) is 7.25. The Bertz CT molecular complexity index is 238. The van der Waals surface area contributed by atoms with E-state index in [9.17, 15) is 5.11 Å². The quantitative estimate of drug-likeness (QED) is 0.688. The van der Waals surface area contributed by atoms with Gasteiger partial charge in [-0.25, -0.2) is 0 Å². The fourth-order valence-electron chi connectivity index (χ4n) is 1.27. The Kier molecular flexibility index (Phi) is 3.48. The van der Waals surface area contributed by atoms with Crippen molar-refractivity contribution in [1.82, 2.24) is 0 Å². The van der Waals surface area contributed by atoms with Gasteiger partial charge < -0.3 is 5.11 Å². The zero-order valence-corrected chi connectivity index (χ0v) is 8.14. The van der Waals surface area contributed by atoms with Crippen LogP contribution in [0.15, 0.2) is 18.2 Å². The van der Waals surface area contributed by atoms with Gasteiger partial charge in [0.25, 0.3) is 0 Å². The summed E-state index contributed by atoms with van der Waals surface area (Å²) in [4.78, 5) is 0. The van der Waals surface area contributed by atoms with Crippen molar-refractivity contribution in [2.75, 3.05) is 5.75 Å². The molecule has 0 aliphatic rings. The lowest BCUT2D eigenvalue weighted by Crippen LogP contribution is -1.90. The molecule has 0 amide bonds. The van der Waals surface area contributed by atoms with Gasteiger partial charge in [-0.05, 0) is 42.7 Å². The van der Waals surface area contributed by atoms with Crippen LogP contribution in [0.2, 0.25) is 0 Å². The smallest absolute Gasteiger partial charge is 0.119 e. The van der Waals surface area contributed by atoms with Crippen molar-refractivity contribution in [3.63, 3.8) is 0 Å². The van der Waals surface area contributed by atoms with Crippen molar-refractivity contribution >= 4 is 12.6 Å². The number of hydrogen-bond donors (Lipinski definition) is 2. The van der Waals surface area contributed by atoms with E-state index in [-0.39, 0.29) is 0 Å². The number of hydrogen-bond acceptors (Lipinski definition) is 2. The lowest BCUT2D eigenvalue weighted by Gasteiger charge is -2.06. The first-order valence-corrected chi connectivity index (χ1v) is 4.77. The largest absolute Gasteiger partial charge is 0.508 e. The highest BCUT2D eigenvalue weighted by molar-refractivity contribution is 7.80. The van der Waals surface area contributed by atoms with E-state index in [1.54, 1.807) is 6.07 Å². The number of aromatic hydroxyl groups is 1. The molecule has 0 heterocycles. The van der Waals surface area contributed by atoms with Crippen molar-refractivity contribution in [3.8, 4) is 5.75 Å². The molecule has 0 bridgehead atoms. The van der Waals surface area contributed by atoms with Crippen molar-refractivity contribution in [2.45, 2.75) is 19.8 Å². The van der Waals surface area contributed by atoms with Gasteiger partial charge in [0, 0.05) is 0 Å². The van der Waals surface area contributed by atoms with E-state index in [1.807, 2.05) is 19.1 Å². The van der Waals surface area contributed by atoms with Crippen LogP contribution >= 0.6 is 12.6 Å². The van der Waals surface area contributed by atoms with E-state index in [0.717, 1.165) is 29.7 Å². The van der Waals surface area contributed by atoms with Crippen LogP contribution < -0.4 is 0 Å². The third-order valence-corrected chi connectivity index (χ3v) is 2.29. The molecule has 1 aromatic carbocycles. The Hall–Kier alpha value is -0.630. The van der Waals surface area contributed by atoms with Crippen LogP contribution in [0.3, 0.4) is 0 Å². The summed E-state index contributed by atoms with van der Waals surface area (Å²) in [6.07, 6.45) is 1.93. The highest BCUT2D eigenvalue weighted by Crippen LogP contribution is 2.21. The average Bonchev–Trinajstić information content (AvgIpc) is 2.04. The van der Waals surface area contributed by atoms with Gasteiger partial charge in [0.1, 0.15) is 5.75 Å². The second kappa shape index (κ2) is 4.41. The summed E-state index contributed by atoms with van der Waals surface area (Å²) in [6.45, 7) is 2.02. The molecule has 0 fully saturated rings. The van der Waals surface area contributed by atoms with Gasteiger partial charge in [-0.15, -0.1) is 0 Å². The van der Waals surface area contributed by atoms with Gasteiger partial charge in [-0.2, -0.15) is 12.6 Å². The average molecular weight is 182 g/mol. The molecular weight excluding hydrogens is 168 g/mol. The summed E-state index contributed by atoms with van der Waals surface area (Å²) >= 11 is 4.14. The number of benzene rings is 1. The van der Waals surface area contributed by atoms with Gasteiger partial charge in [-0.1, -0.05) is 12.1 Å². The minimum Gasteiger partial charge on any atom is -0.508 e. The van der Waals surface area contributed by atoms with Gasteiger partial charge in [0.05, 0.1) is 0 Å². The van der Waals surface area contributed by atoms with Crippen LogP contribution in [0.25, 0.3) is 0 Å². The second-order valence-electron chi connectivity index (χ2n) is 2.90. The third-order valence-electron chi connectivity index (χ3n) is 1.97. The number of rotatable bonds is 3. The Balaban J connectivity index is 2.81. The topological polar surface area (TPSA) is 20.2 Å². The van der Waals surface area contributed by atoms with Crippen molar-refractivity contribution in [3.05, 3.63) is 29.3 Å². The highest BCUT2D eigenvalue weighted by atomic mass is 32.1. The van der Waals surface area contributed by atoms with Crippen LogP contribution in [0.1, 0.15) is 17.5 Å². The Morgan fingerprint density at radius 1 is 1.42 bits per heavy atom. The van der Waals surface area contributed by atoms with Crippen LogP contribution in [-0.4, -0.2) is 10.9 Å². The molecular formula is C10H14OS. The first kappa shape index (κ1) is 9.46. The summed E-state index contributed by atoms with van der Waals surface area (Å²) in [5, 5.41) is 9.49. The van der Waals surface area contributed by atoms with Gasteiger partial charge in [0.2, 0.25) is 0 Å². The molecule has 1 N–H and O–H groups in total. The monoisotopic (exact) mass is 182 g/mol. The number of phenolic OH excluding ortho intramolecular Hbond substituents is 1. The minimum atomic E-state index is 0.414. The maximum Gasteiger partial charge on any atom is 0.119 e.